The zero-order chi connectivity index (χ0) is 23.1. The molecular weight excluding hydrogens is 417 g/mol. The summed E-state index contributed by atoms with van der Waals surface area (Å²) in [5.41, 5.74) is 1.75. The van der Waals surface area contributed by atoms with Gasteiger partial charge in [-0.25, -0.2) is 4.68 Å². The third-order valence-electron chi connectivity index (χ3n) is 6.02. The van der Waals surface area contributed by atoms with E-state index in [4.69, 9.17) is 0 Å². The number of aliphatic hydroxyl groups is 2. The molecule has 2 atom stereocenters. The molecule has 0 spiro atoms. The smallest absolute Gasteiger partial charge is 0.393 e. The van der Waals surface area contributed by atoms with Gasteiger partial charge in [0.1, 0.15) is 5.60 Å². The minimum Gasteiger partial charge on any atom is -0.393 e. The predicted molar refractivity (Wildman–Crippen MR) is 117 cm³/mol. The highest BCUT2D eigenvalue weighted by Gasteiger charge is 2.36. The summed E-state index contributed by atoms with van der Waals surface area (Å²) in [6, 6.07) is 8.37. The molecule has 1 heterocycles. The van der Waals surface area contributed by atoms with Crippen LogP contribution in [-0.2, 0) is 12.6 Å². The third-order valence-corrected chi connectivity index (χ3v) is 6.02. The van der Waals surface area contributed by atoms with Crippen LogP contribution in [0.25, 0.3) is 11.3 Å². The SMILES string of the molecule is CC(C)Cc1cc(C(F)(F)F)nn1-c1ccc(C2=CC=CC3CCC(O)(CO)C=C23)cc1. The second-order valence-corrected chi connectivity index (χ2v) is 9.05. The Morgan fingerprint density at radius 3 is 2.56 bits per heavy atom. The fraction of sp³-hybridized carbons (Fsp3) is 0.400. The predicted octanol–water partition coefficient (Wildman–Crippen LogP) is 5.10. The Kier molecular flexibility index (Phi) is 5.90. The van der Waals surface area contributed by atoms with Gasteiger partial charge in [0.25, 0.3) is 0 Å². The lowest BCUT2D eigenvalue weighted by atomic mass is 9.74. The van der Waals surface area contributed by atoms with Crippen LogP contribution in [0.1, 0.15) is 43.6 Å². The number of hydrogen-bond donors (Lipinski definition) is 2. The number of alkyl halides is 3. The molecule has 2 aromatic rings. The van der Waals surface area contributed by atoms with Crippen molar-refractivity contribution in [3.8, 4) is 5.69 Å². The van der Waals surface area contributed by atoms with Crippen LogP contribution in [0.4, 0.5) is 13.2 Å². The maximum atomic E-state index is 13.3. The molecule has 170 valence electrons. The van der Waals surface area contributed by atoms with Crippen LogP contribution in [0, 0.1) is 11.8 Å². The number of rotatable bonds is 5. The minimum absolute atomic E-state index is 0.166. The number of nitrogens with zero attached hydrogens (tertiary/aromatic N) is 2. The van der Waals surface area contributed by atoms with Crippen molar-refractivity contribution in [2.45, 2.75) is 44.9 Å². The van der Waals surface area contributed by atoms with E-state index < -0.39 is 17.5 Å². The van der Waals surface area contributed by atoms with Gasteiger partial charge in [0.15, 0.2) is 5.69 Å². The first kappa shape index (κ1) is 22.6. The Morgan fingerprint density at radius 1 is 1.22 bits per heavy atom. The molecule has 32 heavy (non-hydrogen) atoms. The molecule has 0 fully saturated rings. The van der Waals surface area contributed by atoms with Crippen molar-refractivity contribution in [3.05, 3.63) is 77.2 Å². The van der Waals surface area contributed by atoms with Gasteiger partial charge in [-0.05, 0) is 66.2 Å². The van der Waals surface area contributed by atoms with Crippen molar-refractivity contribution in [1.82, 2.24) is 9.78 Å². The average Bonchev–Trinajstić information content (AvgIpc) is 3.17. The largest absolute Gasteiger partial charge is 0.435 e. The van der Waals surface area contributed by atoms with Gasteiger partial charge in [-0.3, -0.25) is 0 Å². The average molecular weight is 444 g/mol. The number of halogens is 3. The zero-order valence-corrected chi connectivity index (χ0v) is 18.1. The zero-order valence-electron chi connectivity index (χ0n) is 18.1. The van der Waals surface area contributed by atoms with Gasteiger partial charge in [-0.2, -0.15) is 18.3 Å². The van der Waals surface area contributed by atoms with Gasteiger partial charge in [0, 0.05) is 11.6 Å². The van der Waals surface area contributed by atoms with Crippen molar-refractivity contribution in [3.63, 3.8) is 0 Å². The van der Waals surface area contributed by atoms with E-state index in [1.807, 2.05) is 38.1 Å². The van der Waals surface area contributed by atoms with E-state index >= 15 is 0 Å². The summed E-state index contributed by atoms with van der Waals surface area (Å²) in [6.07, 6.45) is 4.99. The summed E-state index contributed by atoms with van der Waals surface area (Å²) in [6.45, 7) is 3.58. The van der Waals surface area contributed by atoms with E-state index in [0.717, 1.165) is 29.2 Å². The first-order chi connectivity index (χ1) is 15.1. The number of allylic oxidation sites excluding steroid dienone is 5. The van der Waals surface area contributed by atoms with Gasteiger partial charge in [-0.15, -0.1) is 0 Å². The topological polar surface area (TPSA) is 58.3 Å². The van der Waals surface area contributed by atoms with E-state index in [2.05, 4.69) is 11.2 Å². The molecule has 0 amide bonds. The van der Waals surface area contributed by atoms with Gasteiger partial charge in [0.2, 0.25) is 0 Å². The van der Waals surface area contributed by atoms with E-state index in [1.54, 1.807) is 18.2 Å². The fourth-order valence-corrected chi connectivity index (χ4v) is 4.40. The van der Waals surface area contributed by atoms with Crippen LogP contribution in [0.15, 0.2) is 60.2 Å². The molecule has 4 nitrogen and oxygen atoms in total. The molecule has 1 aromatic heterocycles. The molecule has 0 saturated carbocycles. The van der Waals surface area contributed by atoms with Crippen molar-refractivity contribution < 1.29 is 23.4 Å². The van der Waals surface area contributed by atoms with Crippen LogP contribution in [-0.4, -0.2) is 32.2 Å². The standard InChI is InChI=1S/C25H27F3N2O2/c1-16(2)12-20-13-23(25(26,27)28)29-30(20)19-8-6-18(7-9-19)21-5-3-4-17-10-11-24(32,15-31)14-22(17)21/h3-9,13-14,16-17,31-32H,10-12,15H2,1-2H3. The molecule has 2 unspecified atom stereocenters. The summed E-state index contributed by atoms with van der Waals surface area (Å²) in [5.74, 6) is 0.352. The molecular formula is C25H27F3N2O2. The van der Waals surface area contributed by atoms with E-state index in [1.165, 1.54) is 4.68 Å². The number of benzene rings is 1. The maximum absolute atomic E-state index is 13.3. The van der Waals surface area contributed by atoms with E-state index in [9.17, 15) is 23.4 Å². The Hall–Kier alpha value is -2.64. The van der Waals surface area contributed by atoms with Crippen LogP contribution >= 0.6 is 0 Å². The number of aromatic nitrogens is 2. The lowest BCUT2D eigenvalue weighted by molar-refractivity contribution is -0.141. The number of hydrogen-bond acceptors (Lipinski definition) is 3. The molecule has 7 heteroatoms. The second-order valence-electron chi connectivity index (χ2n) is 9.05. The summed E-state index contributed by atoms with van der Waals surface area (Å²) in [4.78, 5) is 0. The van der Waals surface area contributed by atoms with Crippen LogP contribution < -0.4 is 0 Å². The highest BCUT2D eigenvalue weighted by Crippen LogP contribution is 2.41. The van der Waals surface area contributed by atoms with Crippen LogP contribution in [0.5, 0.6) is 0 Å². The molecule has 2 aliphatic carbocycles. The molecule has 4 rings (SSSR count). The summed E-state index contributed by atoms with van der Waals surface area (Å²) >= 11 is 0. The molecule has 0 aliphatic heterocycles. The summed E-state index contributed by atoms with van der Waals surface area (Å²) in [5, 5.41) is 24.0. The maximum Gasteiger partial charge on any atom is 0.435 e. The van der Waals surface area contributed by atoms with Crippen molar-refractivity contribution in [2.24, 2.45) is 11.8 Å². The van der Waals surface area contributed by atoms with Gasteiger partial charge in [0.05, 0.1) is 12.3 Å². The highest BCUT2D eigenvalue weighted by molar-refractivity contribution is 5.83. The normalized spacial score (nSPS) is 23.2. The van der Waals surface area contributed by atoms with E-state index in [0.29, 0.717) is 24.2 Å². The van der Waals surface area contributed by atoms with Gasteiger partial charge < -0.3 is 10.2 Å². The molecule has 0 saturated heterocycles. The van der Waals surface area contributed by atoms with Gasteiger partial charge >= 0.3 is 6.18 Å². The number of fused-ring (bicyclic) bond motifs is 1. The van der Waals surface area contributed by atoms with Crippen molar-refractivity contribution in [1.29, 1.82) is 0 Å². The molecule has 0 radical (unpaired) electrons. The highest BCUT2D eigenvalue weighted by atomic mass is 19.4. The van der Waals surface area contributed by atoms with Crippen molar-refractivity contribution in [2.75, 3.05) is 6.61 Å². The summed E-state index contributed by atoms with van der Waals surface area (Å²) in [7, 11) is 0. The minimum atomic E-state index is -4.50. The van der Waals surface area contributed by atoms with Gasteiger partial charge in [-0.1, -0.05) is 44.2 Å². The number of aliphatic hydroxyl groups excluding tert-OH is 1. The van der Waals surface area contributed by atoms with Crippen LogP contribution in [0.2, 0.25) is 0 Å². The molecule has 1 aromatic carbocycles. The second kappa shape index (κ2) is 8.37. The monoisotopic (exact) mass is 444 g/mol. The first-order valence-electron chi connectivity index (χ1n) is 10.8. The lowest BCUT2D eigenvalue weighted by Crippen LogP contribution is -2.35. The molecule has 2 aliphatic rings. The fourth-order valence-electron chi connectivity index (χ4n) is 4.40. The third kappa shape index (κ3) is 4.45. The quantitative estimate of drug-likeness (QED) is 0.675. The Labute approximate surface area is 185 Å². The Balaban J connectivity index is 1.69. The Bertz CT molecular complexity index is 1080. The Morgan fingerprint density at radius 2 is 1.94 bits per heavy atom. The van der Waals surface area contributed by atoms with Crippen LogP contribution in [0.3, 0.4) is 0 Å². The van der Waals surface area contributed by atoms with E-state index in [-0.39, 0.29) is 18.4 Å². The van der Waals surface area contributed by atoms with Crippen molar-refractivity contribution >= 4 is 5.57 Å². The molecule has 2 N–H and O–H groups in total. The molecule has 0 bridgehead atoms. The summed E-state index contributed by atoms with van der Waals surface area (Å²) < 4.78 is 41.1. The lowest BCUT2D eigenvalue weighted by Gasteiger charge is -2.34. The first-order valence-corrected chi connectivity index (χ1v) is 10.8.